The Morgan fingerprint density at radius 3 is 2.44 bits per heavy atom. The predicted molar refractivity (Wildman–Crippen MR) is 73.4 cm³/mol. The number of nitrogens with one attached hydrogen (secondary N) is 1. The fourth-order valence-electron chi connectivity index (χ4n) is 2.68. The summed E-state index contributed by atoms with van der Waals surface area (Å²) in [4.78, 5) is 3.77. The monoisotopic (exact) mass is 308 g/mol. The molecule has 7 heteroatoms. The van der Waals surface area contributed by atoms with Gasteiger partial charge in [-0.2, -0.15) is 0 Å². The van der Waals surface area contributed by atoms with Crippen LogP contribution in [0.25, 0.3) is 0 Å². The molecule has 1 heterocycles. The molecule has 0 bridgehead atoms. The second-order valence-corrected chi connectivity index (χ2v) is 8.72. The molecule has 0 saturated heterocycles. The Morgan fingerprint density at radius 2 is 1.94 bits per heavy atom. The fraction of sp³-hybridized carbons (Fsp3) is 0.727. The summed E-state index contributed by atoms with van der Waals surface area (Å²) in [6, 6.07) is 0.0228. The first kappa shape index (κ1) is 14.2. The number of sulfonamides is 1. The van der Waals surface area contributed by atoms with Gasteiger partial charge in [-0.1, -0.05) is 36.8 Å². The average Bonchev–Trinajstić information content (AvgIpc) is 2.62. The van der Waals surface area contributed by atoms with Crippen LogP contribution in [0, 0.1) is 11.8 Å². The lowest BCUT2D eigenvalue weighted by Gasteiger charge is -2.31. The maximum absolute atomic E-state index is 12.1. The van der Waals surface area contributed by atoms with Gasteiger partial charge in [-0.25, -0.2) is 18.1 Å². The SMILES string of the molecule is CC1CC(C)CC(NS(=O)(=O)c2cnc(Cl)s2)C1. The fourth-order valence-corrected chi connectivity index (χ4v) is 5.26. The summed E-state index contributed by atoms with van der Waals surface area (Å²) >= 11 is 6.66. The number of hydrogen-bond donors (Lipinski definition) is 1. The van der Waals surface area contributed by atoms with Crippen LogP contribution in [0.1, 0.15) is 33.1 Å². The van der Waals surface area contributed by atoms with Crippen LogP contribution >= 0.6 is 22.9 Å². The number of aromatic nitrogens is 1. The van der Waals surface area contributed by atoms with Crippen LogP contribution in [-0.2, 0) is 10.0 Å². The van der Waals surface area contributed by atoms with Gasteiger partial charge in [-0.05, 0) is 31.1 Å². The highest BCUT2D eigenvalue weighted by atomic mass is 35.5. The van der Waals surface area contributed by atoms with E-state index in [4.69, 9.17) is 11.6 Å². The Bertz CT molecular complexity index is 505. The van der Waals surface area contributed by atoms with Crippen molar-refractivity contribution in [2.24, 2.45) is 11.8 Å². The first-order valence-corrected chi connectivity index (χ1v) is 8.68. The molecular weight excluding hydrogens is 292 g/mol. The summed E-state index contributed by atoms with van der Waals surface area (Å²) in [5.74, 6) is 1.12. The van der Waals surface area contributed by atoms with Crippen molar-refractivity contribution < 1.29 is 8.42 Å². The lowest BCUT2D eigenvalue weighted by molar-refractivity contribution is 0.258. The highest BCUT2D eigenvalue weighted by Crippen LogP contribution is 2.30. The smallest absolute Gasteiger partial charge is 0.232 e. The molecule has 2 rings (SSSR count). The summed E-state index contributed by atoms with van der Waals surface area (Å²) in [5.41, 5.74) is 0. The van der Waals surface area contributed by atoms with Crippen LogP contribution in [0.2, 0.25) is 4.47 Å². The Balaban J connectivity index is 2.08. The van der Waals surface area contributed by atoms with Gasteiger partial charge in [-0.15, -0.1) is 0 Å². The minimum atomic E-state index is -3.46. The Labute approximate surface area is 117 Å². The largest absolute Gasteiger partial charge is 0.251 e. The quantitative estimate of drug-likeness (QED) is 0.934. The van der Waals surface area contributed by atoms with E-state index in [1.54, 1.807) is 0 Å². The molecule has 1 N–H and O–H groups in total. The molecule has 0 spiro atoms. The lowest BCUT2D eigenvalue weighted by Crippen LogP contribution is -2.39. The van der Waals surface area contributed by atoms with Gasteiger partial charge in [0.2, 0.25) is 0 Å². The van der Waals surface area contributed by atoms with Gasteiger partial charge in [0.1, 0.15) is 0 Å². The predicted octanol–water partition coefficient (Wildman–Crippen LogP) is 2.90. The number of nitrogens with zero attached hydrogens (tertiary/aromatic N) is 1. The standard InChI is InChI=1S/C11H17ClN2O2S2/c1-7-3-8(2)5-9(4-7)14-18(15,16)10-6-13-11(12)17-10/h6-9,14H,3-5H2,1-2H3. The van der Waals surface area contributed by atoms with E-state index in [1.807, 2.05) is 0 Å². The van der Waals surface area contributed by atoms with Gasteiger partial charge in [0.15, 0.2) is 8.68 Å². The van der Waals surface area contributed by atoms with E-state index in [2.05, 4.69) is 23.6 Å². The van der Waals surface area contributed by atoms with Gasteiger partial charge < -0.3 is 0 Å². The van der Waals surface area contributed by atoms with E-state index in [9.17, 15) is 8.42 Å². The molecule has 102 valence electrons. The van der Waals surface area contributed by atoms with Crippen molar-refractivity contribution in [2.45, 2.75) is 43.4 Å². The third kappa shape index (κ3) is 3.44. The molecule has 2 unspecified atom stereocenters. The van der Waals surface area contributed by atoms with Crippen LogP contribution in [0.3, 0.4) is 0 Å². The topological polar surface area (TPSA) is 59.1 Å². The van der Waals surface area contributed by atoms with Crippen LogP contribution in [0.15, 0.2) is 10.4 Å². The molecule has 1 aromatic rings. The Hall–Kier alpha value is -0.170. The molecule has 2 atom stereocenters. The maximum Gasteiger partial charge on any atom is 0.251 e. The van der Waals surface area contributed by atoms with Crippen molar-refractivity contribution in [3.63, 3.8) is 0 Å². The van der Waals surface area contributed by atoms with Crippen molar-refractivity contribution in [2.75, 3.05) is 0 Å². The second kappa shape index (κ2) is 5.45. The second-order valence-electron chi connectivity index (χ2n) is 5.17. The number of halogens is 1. The van der Waals surface area contributed by atoms with E-state index in [1.165, 1.54) is 12.6 Å². The van der Waals surface area contributed by atoms with E-state index < -0.39 is 10.0 Å². The summed E-state index contributed by atoms with van der Waals surface area (Å²) in [6.45, 7) is 4.33. The third-order valence-electron chi connectivity index (χ3n) is 3.22. The summed E-state index contributed by atoms with van der Waals surface area (Å²) in [7, 11) is -3.46. The van der Waals surface area contributed by atoms with Gasteiger partial charge in [-0.3, -0.25) is 0 Å². The van der Waals surface area contributed by atoms with Crippen LogP contribution in [0.5, 0.6) is 0 Å². The maximum atomic E-state index is 12.1. The van der Waals surface area contributed by atoms with Crippen molar-refractivity contribution in [3.8, 4) is 0 Å². The Kier molecular flexibility index (Phi) is 4.31. The molecular formula is C11H17ClN2O2S2. The molecule has 1 saturated carbocycles. The summed E-state index contributed by atoms with van der Waals surface area (Å²) < 4.78 is 27.5. The van der Waals surface area contributed by atoms with Gasteiger partial charge in [0.25, 0.3) is 10.0 Å². The van der Waals surface area contributed by atoms with Gasteiger partial charge >= 0.3 is 0 Å². The van der Waals surface area contributed by atoms with Gasteiger partial charge in [0, 0.05) is 6.04 Å². The van der Waals surface area contributed by atoms with E-state index in [0.29, 0.717) is 11.8 Å². The zero-order chi connectivity index (χ0) is 13.3. The number of hydrogen-bond acceptors (Lipinski definition) is 4. The minimum Gasteiger partial charge on any atom is -0.232 e. The van der Waals surface area contributed by atoms with Crippen molar-refractivity contribution in [3.05, 3.63) is 10.7 Å². The van der Waals surface area contributed by atoms with E-state index >= 15 is 0 Å². The zero-order valence-electron chi connectivity index (χ0n) is 10.4. The zero-order valence-corrected chi connectivity index (χ0v) is 12.8. The molecule has 4 nitrogen and oxygen atoms in total. The average molecular weight is 309 g/mol. The highest BCUT2D eigenvalue weighted by molar-refractivity contribution is 7.91. The molecule has 1 aromatic heterocycles. The molecule has 1 aliphatic rings. The first-order chi connectivity index (χ1) is 8.37. The number of rotatable bonds is 3. The summed E-state index contributed by atoms with van der Waals surface area (Å²) in [5, 5.41) is 0. The van der Waals surface area contributed by atoms with Crippen molar-refractivity contribution in [1.29, 1.82) is 0 Å². The van der Waals surface area contributed by atoms with Crippen molar-refractivity contribution in [1.82, 2.24) is 9.71 Å². The van der Waals surface area contributed by atoms with E-state index in [0.717, 1.165) is 24.2 Å². The molecule has 0 aromatic carbocycles. The van der Waals surface area contributed by atoms with Crippen LogP contribution in [-0.4, -0.2) is 19.4 Å². The Morgan fingerprint density at radius 1 is 1.33 bits per heavy atom. The molecule has 1 fully saturated rings. The molecule has 18 heavy (non-hydrogen) atoms. The molecule has 0 radical (unpaired) electrons. The highest BCUT2D eigenvalue weighted by Gasteiger charge is 2.28. The molecule has 0 aliphatic heterocycles. The summed E-state index contributed by atoms with van der Waals surface area (Å²) in [6.07, 6.45) is 4.28. The molecule has 0 amide bonds. The van der Waals surface area contributed by atoms with Gasteiger partial charge in [0.05, 0.1) is 6.20 Å². The van der Waals surface area contributed by atoms with Crippen LogP contribution < -0.4 is 4.72 Å². The van der Waals surface area contributed by atoms with Crippen LogP contribution in [0.4, 0.5) is 0 Å². The number of thiazole rings is 1. The van der Waals surface area contributed by atoms with E-state index in [-0.39, 0.29) is 14.7 Å². The minimum absolute atomic E-state index is 0.0228. The third-order valence-corrected chi connectivity index (χ3v) is 6.32. The molecule has 1 aliphatic carbocycles. The van der Waals surface area contributed by atoms with Crippen molar-refractivity contribution >= 4 is 33.0 Å². The first-order valence-electron chi connectivity index (χ1n) is 6.00. The lowest BCUT2D eigenvalue weighted by atomic mass is 9.81. The normalized spacial score (nSPS) is 29.4.